The van der Waals surface area contributed by atoms with Gasteiger partial charge in [0.25, 0.3) is 0 Å². The number of nitrogens with one attached hydrogen (secondary N) is 1. The Balaban J connectivity index is 1.74. The molecule has 2 aliphatic heterocycles. The molecule has 0 bridgehead atoms. The molecule has 2 amide bonds. The van der Waals surface area contributed by atoms with E-state index in [4.69, 9.17) is 16.3 Å². The quantitative estimate of drug-likeness (QED) is 0.690. The molecule has 2 heterocycles. The zero-order valence-corrected chi connectivity index (χ0v) is 19.6. The fraction of sp³-hybridized carbons (Fsp3) is 0.526. The molecule has 2 fully saturated rings. The van der Waals surface area contributed by atoms with Gasteiger partial charge >= 0.3 is 6.09 Å². The van der Waals surface area contributed by atoms with Gasteiger partial charge in [-0.05, 0) is 39.0 Å². The summed E-state index contributed by atoms with van der Waals surface area (Å²) in [7, 11) is -3.23. The van der Waals surface area contributed by atoms with E-state index in [0.717, 1.165) is 0 Å². The van der Waals surface area contributed by atoms with Crippen LogP contribution in [0.15, 0.2) is 23.2 Å². The smallest absolute Gasteiger partial charge is 0.407 e. The van der Waals surface area contributed by atoms with Crippen LogP contribution in [-0.2, 0) is 19.4 Å². The van der Waals surface area contributed by atoms with Gasteiger partial charge in [-0.1, -0.05) is 23.4 Å². The molecule has 0 saturated carbocycles. The molecule has 2 aliphatic rings. The molecule has 1 aromatic rings. The van der Waals surface area contributed by atoms with Crippen molar-refractivity contribution in [3.63, 3.8) is 0 Å². The van der Waals surface area contributed by atoms with Crippen LogP contribution < -0.4 is 10.2 Å². The number of amides is 2. The molecule has 0 radical (unpaired) electrons. The minimum absolute atomic E-state index is 0.0266. The van der Waals surface area contributed by atoms with Crippen LogP contribution in [0.25, 0.3) is 0 Å². The Hall–Kier alpha value is -1.85. The lowest BCUT2D eigenvalue weighted by molar-refractivity contribution is -0.117. The Morgan fingerprint density at radius 2 is 2.06 bits per heavy atom. The molecule has 0 unspecified atom stereocenters. The number of nitrogens with zero attached hydrogens (tertiary/aromatic N) is 2. The first-order valence-corrected chi connectivity index (χ1v) is 12.6. The highest BCUT2D eigenvalue weighted by Gasteiger charge is 2.49. The molecule has 0 spiro atoms. The summed E-state index contributed by atoms with van der Waals surface area (Å²) in [6, 6.07) is 3.61. The van der Waals surface area contributed by atoms with Crippen molar-refractivity contribution >= 4 is 56.1 Å². The van der Waals surface area contributed by atoms with E-state index in [1.54, 1.807) is 25.7 Å². The van der Waals surface area contributed by atoms with Crippen LogP contribution in [0.3, 0.4) is 0 Å². The average Bonchev–Trinajstić information content (AvgIpc) is 3.06. The lowest BCUT2D eigenvalue weighted by atomic mass is 10.2. The van der Waals surface area contributed by atoms with Crippen LogP contribution in [0.5, 0.6) is 0 Å². The first-order chi connectivity index (χ1) is 14.3. The predicted octanol–water partition coefficient (Wildman–Crippen LogP) is 3.00. The molecular formula is C19H23ClFN3O5S2. The van der Waals surface area contributed by atoms with Crippen LogP contribution in [0.2, 0.25) is 5.02 Å². The van der Waals surface area contributed by atoms with Crippen LogP contribution in [0.4, 0.5) is 14.9 Å². The zero-order valence-electron chi connectivity index (χ0n) is 17.2. The van der Waals surface area contributed by atoms with E-state index in [1.807, 2.05) is 0 Å². The maximum absolute atomic E-state index is 13.6. The van der Waals surface area contributed by atoms with E-state index < -0.39 is 39.3 Å². The number of anilines is 1. The highest BCUT2D eigenvalue weighted by atomic mass is 35.5. The Kier molecular flexibility index (Phi) is 6.87. The Morgan fingerprint density at radius 3 is 2.71 bits per heavy atom. The highest BCUT2D eigenvalue weighted by Crippen LogP contribution is 2.41. The van der Waals surface area contributed by atoms with Gasteiger partial charge in [-0.2, -0.15) is 4.99 Å². The molecule has 170 valence electrons. The lowest BCUT2D eigenvalue weighted by Crippen LogP contribution is -2.38. The maximum Gasteiger partial charge on any atom is 0.407 e. The molecule has 8 nitrogen and oxygen atoms in total. The molecule has 2 saturated heterocycles. The number of sulfone groups is 1. The minimum atomic E-state index is -3.23. The third kappa shape index (κ3) is 6.11. The normalized spacial score (nSPS) is 23.6. The molecule has 0 aliphatic carbocycles. The van der Waals surface area contributed by atoms with E-state index in [0.29, 0.717) is 10.9 Å². The zero-order chi connectivity index (χ0) is 23.0. The summed E-state index contributed by atoms with van der Waals surface area (Å²) in [6.07, 6.45) is -0.694. The summed E-state index contributed by atoms with van der Waals surface area (Å²) in [6.45, 7) is 5.23. The van der Waals surface area contributed by atoms with Crippen LogP contribution in [0, 0.1) is 5.82 Å². The predicted molar refractivity (Wildman–Crippen MR) is 119 cm³/mol. The summed E-state index contributed by atoms with van der Waals surface area (Å²) in [5.41, 5.74) is -0.189. The first kappa shape index (κ1) is 23.8. The molecule has 1 aromatic carbocycles. The largest absolute Gasteiger partial charge is 0.444 e. The topological polar surface area (TPSA) is 105 Å². The number of hydrogen-bond donors (Lipinski definition) is 1. The molecule has 12 heteroatoms. The van der Waals surface area contributed by atoms with E-state index in [-0.39, 0.29) is 34.7 Å². The number of alkyl carbamates (subject to hydrolysis) is 1. The second-order valence-corrected chi connectivity index (χ2v) is 12.0. The number of benzene rings is 1. The van der Waals surface area contributed by atoms with Crippen molar-refractivity contribution in [1.82, 2.24) is 5.32 Å². The summed E-state index contributed by atoms with van der Waals surface area (Å²) in [5, 5.41) is 2.42. The van der Waals surface area contributed by atoms with E-state index in [1.165, 1.54) is 30.0 Å². The second-order valence-electron chi connectivity index (χ2n) is 8.24. The fourth-order valence-corrected chi connectivity index (χ4v) is 7.36. The Morgan fingerprint density at radius 1 is 1.35 bits per heavy atom. The molecule has 3 rings (SSSR count). The van der Waals surface area contributed by atoms with Crippen LogP contribution >= 0.6 is 23.4 Å². The average molecular weight is 492 g/mol. The number of carbonyl (C=O) groups is 2. The number of hydrogen-bond acceptors (Lipinski definition) is 6. The molecule has 1 N–H and O–H groups in total. The summed E-state index contributed by atoms with van der Waals surface area (Å²) in [4.78, 5) is 29.8. The van der Waals surface area contributed by atoms with Gasteiger partial charge in [0.2, 0.25) is 5.91 Å². The lowest BCUT2D eigenvalue weighted by Gasteiger charge is -2.24. The molecule has 2 atom stereocenters. The molecular weight excluding hydrogens is 469 g/mol. The summed E-state index contributed by atoms with van der Waals surface area (Å²) >= 11 is 7.10. The van der Waals surface area contributed by atoms with E-state index in [9.17, 15) is 22.4 Å². The van der Waals surface area contributed by atoms with Crippen molar-refractivity contribution in [1.29, 1.82) is 0 Å². The van der Waals surface area contributed by atoms with Crippen molar-refractivity contribution in [2.75, 3.05) is 23.0 Å². The molecule has 0 aromatic heterocycles. The third-order valence-electron chi connectivity index (χ3n) is 4.48. The SMILES string of the molecule is CC(C)(C)OC(=O)NCCC(=O)N=C1S[C@H]2CS(=O)(=O)C[C@H]2N1c1ccc(F)c(Cl)c1. The van der Waals surface area contributed by atoms with Gasteiger partial charge < -0.3 is 15.0 Å². The van der Waals surface area contributed by atoms with Crippen molar-refractivity contribution < 1.29 is 27.1 Å². The second kappa shape index (κ2) is 8.95. The van der Waals surface area contributed by atoms with Crippen molar-refractivity contribution in [2.45, 2.75) is 44.1 Å². The maximum atomic E-state index is 13.6. The van der Waals surface area contributed by atoms with Crippen molar-refractivity contribution in [2.24, 2.45) is 4.99 Å². The standard InChI is InChI=1S/C19H23ClFN3O5S2/c1-19(2,3)29-18(26)22-7-6-16(25)23-17-24(11-4-5-13(21)12(20)8-11)14-9-31(27,28)10-15(14)30-17/h4-5,8,14-15H,6-7,9-10H2,1-3H3,(H,22,26)/t14-,15+/m1/s1. The number of halogens is 2. The van der Waals surface area contributed by atoms with Crippen LogP contribution in [0.1, 0.15) is 27.2 Å². The number of amidine groups is 1. The van der Waals surface area contributed by atoms with E-state index in [2.05, 4.69) is 10.3 Å². The highest BCUT2D eigenvalue weighted by molar-refractivity contribution is 8.16. The minimum Gasteiger partial charge on any atom is -0.444 e. The van der Waals surface area contributed by atoms with Gasteiger partial charge in [0.15, 0.2) is 15.0 Å². The number of rotatable bonds is 4. The fourth-order valence-electron chi connectivity index (χ4n) is 3.25. The van der Waals surface area contributed by atoms with E-state index >= 15 is 0 Å². The van der Waals surface area contributed by atoms with Gasteiger partial charge in [0.05, 0.1) is 22.6 Å². The van der Waals surface area contributed by atoms with Gasteiger partial charge in [-0.15, -0.1) is 0 Å². The number of fused-ring (bicyclic) bond motifs is 1. The third-order valence-corrected chi connectivity index (χ3v) is 7.97. The Labute approximate surface area is 189 Å². The summed E-state index contributed by atoms with van der Waals surface area (Å²) in [5.74, 6) is -1.20. The van der Waals surface area contributed by atoms with Gasteiger partial charge in [-0.3, -0.25) is 4.79 Å². The van der Waals surface area contributed by atoms with Gasteiger partial charge in [0, 0.05) is 23.9 Å². The van der Waals surface area contributed by atoms with Crippen LogP contribution in [-0.4, -0.2) is 60.5 Å². The monoisotopic (exact) mass is 491 g/mol. The number of carbonyl (C=O) groups excluding carboxylic acids is 2. The van der Waals surface area contributed by atoms with Gasteiger partial charge in [-0.25, -0.2) is 17.6 Å². The van der Waals surface area contributed by atoms with Gasteiger partial charge in [0.1, 0.15) is 11.4 Å². The Bertz CT molecular complexity index is 1030. The number of aliphatic imine (C=N–C) groups is 1. The number of thioether (sulfide) groups is 1. The summed E-state index contributed by atoms with van der Waals surface area (Å²) < 4.78 is 42.9. The first-order valence-electron chi connectivity index (χ1n) is 9.54. The van der Waals surface area contributed by atoms with Crippen molar-refractivity contribution in [3.8, 4) is 0 Å². The van der Waals surface area contributed by atoms with Crippen molar-refractivity contribution in [3.05, 3.63) is 29.0 Å². The number of ether oxygens (including phenoxy) is 1. The molecule has 31 heavy (non-hydrogen) atoms.